The van der Waals surface area contributed by atoms with Crippen LogP contribution in [0.15, 0.2) is 48.5 Å². The third-order valence-electron chi connectivity index (χ3n) is 5.45. The maximum atomic E-state index is 12.9. The van der Waals surface area contributed by atoms with Gasteiger partial charge in [-0.15, -0.1) is 0 Å². The molecular weight excluding hydrogens is 378 g/mol. The number of carbonyl (C=O) groups excluding carboxylic acids is 2. The number of amides is 2. The molecule has 0 radical (unpaired) electrons. The van der Waals surface area contributed by atoms with Gasteiger partial charge < -0.3 is 20.3 Å². The summed E-state index contributed by atoms with van der Waals surface area (Å²) in [7, 11) is 1.61. The Bertz CT molecular complexity index is 846. The first-order chi connectivity index (χ1) is 14.6. The van der Waals surface area contributed by atoms with Crippen molar-refractivity contribution in [2.24, 2.45) is 5.92 Å². The smallest absolute Gasteiger partial charge is 0.253 e. The molecule has 0 aliphatic carbocycles. The van der Waals surface area contributed by atoms with E-state index in [1.165, 1.54) is 0 Å². The molecule has 6 heteroatoms. The first kappa shape index (κ1) is 21.8. The maximum Gasteiger partial charge on any atom is 0.253 e. The highest BCUT2D eigenvalue weighted by atomic mass is 16.5. The zero-order valence-corrected chi connectivity index (χ0v) is 17.8. The lowest BCUT2D eigenvalue weighted by Crippen LogP contribution is -2.35. The molecule has 0 unspecified atom stereocenters. The molecule has 1 heterocycles. The second-order valence-electron chi connectivity index (χ2n) is 7.86. The van der Waals surface area contributed by atoms with Crippen LogP contribution < -0.4 is 15.5 Å². The Morgan fingerprint density at radius 3 is 2.53 bits per heavy atom. The lowest BCUT2D eigenvalue weighted by molar-refractivity contribution is -0.115. The fourth-order valence-corrected chi connectivity index (χ4v) is 3.67. The van der Waals surface area contributed by atoms with Crippen LogP contribution in [0.4, 0.5) is 11.4 Å². The van der Waals surface area contributed by atoms with E-state index in [0.717, 1.165) is 37.2 Å². The van der Waals surface area contributed by atoms with Gasteiger partial charge in [0, 0.05) is 38.1 Å². The average Bonchev–Trinajstić information content (AvgIpc) is 2.75. The maximum absolute atomic E-state index is 12.9. The molecule has 0 saturated carbocycles. The Hall–Kier alpha value is -2.86. The molecule has 0 aromatic heterocycles. The van der Waals surface area contributed by atoms with Gasteiger partial charge in [0.15, 0.2) is 0 Å². The van der Waals surface area contributed by atoms with E-state index >= 15 is 0 Å². The van der Waals surface area contributed by atoms with Gasteiger partial charge in [-0.1, -0.05) is 37.3 Å². The molecule has 2 N–H and O–H groups in total. The van der Waals surface area contributed by atoms with Gasteiger partial charge in [0.25, 0.3) is 5.91 Å². The number of piperidine rings is 1. The normalized spacial score (nSPS) is 14.4. The summed E-state index contributed by atoms with van der Waals surface area (Å²) < 4.78 is 5.04. The first-order valence-electron chi connectivity index (χ1n) is 10.6. The summed E-state index contributed by atoms with van der Waals surface area (Å²) in [5, 5.41) is 5.83. The van der Waals surface area contributed by atoms with E-state index in [4.69, 9.17) is 4.74 Å². The van der Waals surface area contributed by atoms with Crippen molar-refractivity contribution in [3.8, 4) is 0 Å². The van der Waals surface area contributed by atoms with Crippen LogP contribution in [0.5, 0.6) is 0 Å². The van der Waals surface area contributed by atoms with Crippen LogP contribution in [0.2, 0.25) is 0 Å². The van der Waals surface area contributed by atoms with E-state index in [2.05, 4.69) is 22.5 Å². The van der Waals surface area contributed by atoms with E-state index < -0.39 is 0 Å². The molecule has 3 rings (SSSR count). The third-order valence-corrected chi connectivity index (χ3v) is 5.45. The topological polar surface area (TPSA) is 70.7 Å². The quantitative estimate of drug-likeness (QED) is 0.655. The number of nitrogens with one attached hydrogen (secondary N) is 2. The lowest BCUT2D eigenvalue weighted by atomic mass is 9.97. The summed E-state index contributed by atoms with van der Waals surface area (Å²) >= 11 is 0. The molecule has 2 aromatic rings. The van der Waals surface area contributed by atoms with Crippen molar-refractivity contribution in [2.45, 2.75) is 26.2 Å². The number of hydrogen-bond donors (Lipinski definition) is 2. The fraction of sp³-hybridized carbons (Fsp3) is 0.417. The second-order valence-corrected chi connectivity index (χ2v) is 7.86. The van der Waals surface area contributed by atoms with Crippen molar-refractivity contribution < 1.29 is 14.3 Å². The molecule has 1 fully saturated rings. The van der Waals surface area contributed by atoms with Crippen molar-refractivity contribution in [1.82, 2.24) is 5.32 Å². The average molecular weight is 410 g/mol. The van der Waals surface area contributed by atoms with Gasteiger partial charge in [0.05, 0.1) is 18.6 Å². The predicted octanol–water partition coefficient (Wildman–Crippen LogP) is 3.48. The second kappa shape index (κ2) is 10.8. The molecule has 30 heavy (non-hydrogen) atoms. The molecule has 160 valence electrons. The van der Waals surface area contributed by atoms with E-state index in [1.54, 1.807) is 13.2 Å². The van der Waals surface area contributed by atoms with E-state index in [9.17, 15) is 9.59 Å². The highest BCUT2D eigenvalue weighted by Crippen LogP contribution is 2.28. The number of benzene rings is 2. The summed E-state index contributed by atoms with van der Waals surface area (Å²) in [5.41, 5.74) is 3.07. The van der Waals surface area contributed by atoms with Gasteiger partial charge in [0.2, 0.25) is 5.91 Å². The number of anilines is 2. The Balaban J connectivity index is 1.76. The zero-order valence-electron chi connectivity index (χ0n) is 17.8. The fourth-order valence-electron chi connectivity index (χ4n) is 3.67. The van der Waals surface area contributed by atoms with Crippen LogP contribution in [0, 0.1) is 5.92 Å². The molecule has 2 aromatic carbocycles. The van der Waals surface area contributed by atoms with Gasteiger partial charge >= 0.3 is 0 Å². The van der Waals surface area contributed by atoms with Crippen LogP contribution in [-0.2, 0) is 16.0 Å². The SMILES string of the molecule is COCCNC(=O)c1cc(NC(=O)Cc2ccccc2)ccc1N1CCC(C)CC1. The summed E-state index contributed by atoms with van der Waals surface area (Å²) in [6.07, 6.45) is 2.52. The van der Waals surface area contributed by atoms with Crippen molar-refractivity contribution in [3.05, 3.63) is 59.7 Å². The van der Waals surface area contributed by atoms with Gasteiger partial charge in [-0.25, -0.2) is 0 Å². The minimum Gasteiger partial charge on any atom is -0.383 e. The summed E-state index contributed by atoms with van der Waals surface area (Å²) in [5.74, 6) is 0.447. The van der Waals surface area contributed by atoms with Crippen LogP contribution >= 0.6 is 0 Å². The van der Waals surface area contributed by atoms with Gasteiger partial charge in [-0.2, -0.15) is 0 Å². The van der Waals surface area contributed by atoms with Crippen molar-refractivity contribution >= 4 is 23.2 Å². The van der Waals surface area contributed by atoms with Crippen LogP contribution in [0.1, 0.15) is 35.7 Å². The molecule has 0 atom stereocenters. The predicted molar refractivity (Wildman–Crippen MR) is 120 cm³/mol. The number of methoxy groups -OCH3 is 1. The lowest BCUT2D eigenvalue weighted by Gasteiger charge is -2.33. The van der Waals surface area contributed by atoms with Crippen molar-refractivity contribution in [2.75, 3.05) is 43.6 Å². The molecular formula is C24H31N3O3. The van der Waals surface area contributed by atoms with Crippen LogP contribution in [0.3, 0.4) is 0 Å². The standard InChI is InChI=1S/C24H31N3O3/c1-18-10-13-27(14-11-18)22-9-8-20(17-21(22)24(29)25-12-15-30-2)26-23(28)16-19-6-4-3-5-7-19/h3-9,17-18H,10-16H2,1-2H3,(H,25,29)(H,26,28). The largest absolute Gasteiger partial charge is 0.383 e. The Morgan fingerprint density at radius 2 is 1.83 bits per heavy atom. The molecule has 2 amide bonds. The summed E-state index contributed by atoms with van der Waals surface area (Å²) in [6, 6.07) is 15.2. The molecule has 6 nitrogen and oxygen atoms in total. The molecule has 1 aliphatic heterocycles. The van der Waals surface area contributed by atoms with Gasteiger partial charge in [0.1, 0.15) is 0 Å². The zero-order chi connectivity index (χ0) is 21.3. The molecule has 0 bridgehead atoms. The summed E-state index contributed by atoms with van der Waals surface area (Å²) in [4.78, 5) is 27.6. The van der Waals surface area contributed by atoms with Crippen molar-refractivity contribution in [1.29, 1.82) is 0 Å². The van der Waals surface area contributed by atoms with E-state index in [0.29, 0.717) is 36.7 Å². The number of carbonyl (C=O) groups is 2. The van der Waals surface area contributed by atoms with E-state index in [1.807, 2.05) is 42.5 Å². The monoisotopic (exact) mass is 409 g/mol. The number of nitrogens with zero attached hydrogens (tertiary/aromatic N) is 1. The van der Waals surface area contributed by atoms with Crippen LogP contribution in [0.25, 0.3) is 0 Å². The highest BCUT2D eigenvalue weighted by molar-refractivity contribution is 6.02. The number of ether oxygens (including phenoxy) is 1. The number of rotatable bonds is 8. The first-order valence-corrected chi connectivity index (χ1v) is 10.6. The van der Waals surface area contributed by atoms with Gasteiger partial charge in [-0.05, 0) is 42.5 Å². The van der Waals surface area contributed by atoms with E-state index in [-0.39, 0.29) is 11.8 Å². The Labute approximate surface area is 178 Å². The van der Waals surface area contributed by atoms with Crippen molar-refractivity contribution in [3.63, 3.8) is 0 Å². The van der Waals surface area contributed by atoms with Crippen LogP contribution in [-0.4, -0.2) is 45.2 Å². The minimum absolute atomic E-state index is 0.105. The Morgan fingerprint density at radius 1 is 1.10 bits per heavy atom. The third kappa shape index (κ3) is 6.07. The molecule has 1 aliphatic rings. The number of hydrogen-bond acceptors (Lipinski definition) is 4. The van der Waals surface area contributed by atoms with Gasteiger partial charge in [-0.3, -0.25) is 9.59 Å². The molecule has 1 saturated heterocycles. The molecule has 0 spiro atoms. The minimum atomic E-state index is -0.153. The highest BCUT2D eigenvalue weighted by Gasteiger charge is 2.21. The Kier molecular flexibility index (Phi) is 7.85. The summed E-state index contributed by atoms with van der Waals surface area (Å²) in [6.45, 7) is 5.02.